The highest BCUT2D eigenvalue weighted by Crippen LogP contribution is 2.40. The van der Waals surface area contributed by atoms with Gasteiger partial charge in [0.1, 0.15) is 11.2 Å². The maximum Gasteiger partial charge on any atom is 0.136 e. The molecule has 0 saturated heterocycles. The van der Waals surface area contributed by atoms with Crippen molar-refractivity contribution in [3.05, 3.63) is 200 Å². The number of nitrogens with zero attached hydrogens (tertiary/aromatic N) is 1. The van der Waals surface area contributed by atoms with Gasteiger partial charge >= 0.3 is 0 Å². The van der Waals surface area contributed by atoms with Gasteiger partial charge in [0, 0.05) is 27.8 Å². The van der Waals surface area contributed by atoms with Crippen LogP contribution in [0.25, 0.3) is 76.9 Å². The summed E-state index contributed by atoms with van der Waals surface area (Å²) in [5.74, 6) is 0. The number of para-hydroxylation sites is 1. The van der Waals surface area contributed by atoms with Gasteiger partial charge in [-0.15, -0.1) is 0 Å². The highest BCUT2D eigenvalue weighted by atomic mass is 16.3. The summed E-state index contributed by atoms with van der Waals surface area (Å²) in [5.41, 5.74) is 12.3. The van der Waals surface area contributed by atoms with Gasteiger partial charge in [-0.05, 0) is 122 Å². The quantitative estimate of drug-likeness (QED) is 0.176. The lowest BCUT2D eigenvalue weighted by Crippen LogP contribution is -2.09. The molecule has 2 heteroatoms. The Hall–Kier alpha value is -6.90. The zero-order chi connectivity index (χ0) is 34.4. The van der Waals surface area contributed by atoms with E-state index in [4.69, 9.17) is 4.42 Å². The molecule has 0 radical (unpaired) electrons. The fourth-order valence-corrected chi connectivity index (χ4v) is 7.63. The summed E-state index contributed by atoms with van der Waals surface area (Å²) in [5, 5.41) is 7.15. The number of furan rings is 1. The minimum Gasteiger partial charge on any atom is -0.456 e. The number of hydrogen-bond acceptors (Lipinski definition) is 2. The van der Waals surface area contributed by atoms with Gasteiger partial charge in [0.2, 0.25) is 0 Å². The summed E-state index contributed by atoms with van der Waals surface area (Å²) in [6.07, 6.45) is 0. The average molecular weight is 664 g/mol. The first-order chi connectivity index (χ1) is 25.7. The lowest BCUT2D eigenvalue weighted by Gasteiger charge is -2.26. The van der Waals surface area contributed by atoms with E-state index in [1.165, 1.54) is 49.4 Å². The van der Waals surface area contributed by atoms with Gasteiger partial charge in [0.15, 0.2) is 0 Å². The number of rotatable bonds is 6. The van der Waals surface area contributed by atoms with Gasteiger partial charge in [0.25, 0.3) is 0 Å². The molecular weight excluding hydrogens is 631 g/mol. The topological polar surface area (TPSA) is 16.4 Å². The number of fused-ring (bicyclic) bond motifs is 5. The molecule has 0 N–H and O–H groups in total. The van der Waals surface area contributed by atoms with Crippen molar-refractivity contribution in [2.45, 2.75) is 0 Å². The molecule has 1 aromatic heterocycles. The molecule has 0 unspecified atom stereocenters. The van der Waals surface area contributed by atoms with Crippen LogP contribution < -0.4 is 4.90 Å². The lowest BCUT2D eigenvalue weighted by atomic mass is 9.97. The van der Waals surface area contributed by atoms with Crippen molar-refractivity contribution < 1.29 is 4.42 Å². The first-order valence-corrected chi connectivity index (χ1v) is 17.7. The summed E-state index contributed by atoms with van der Waals surface area (Å²) in [7, 11) is 0. The van der Waals surface area contributed by atoms with Crippen LogP contribution >= 0.6 is 0 Å². The third kappa shape index (κ3) is 5.30. The molecule has 0 atom stereocenters. The molecule has 0 fully saturated rings. The maximum atomic E-state index is 6.33. The minimum absolute atomic E-state index is 0.903. The number of benzene rings is 9. The third-order valence-corrected chi connectivity index (χ3v) is 10.2. The molecule has 0 aliphatic heterocycles. The molecule has 1 heterocycles. The van der Waals surface area contributed by atoms with Crippen LogP contribution in [0, 0.1) is 0 Å². The standard InChI is InChI=1S/C50H33NO/c1-3-11-34(12-4-1)40-24-27-47-48-32-39(25-28-49(48)52-50(47)33-40)36-21-22-38-30-44(26-23-37(38)29-36)51(42-16-5-2-6-17-42)43-18-9-15-41(31-43)46-20-10-14-35-13-7-8-19-45(35)46/h1-33H. The maximum absolute atomic E-state index is 6.33. The SMILES string of the molecule is c1ccc(-c2ccc3c(c2)oc2ccc(-c4ccc5cc(N(c6ccccc6)c6cccc(-c7cccc8ccccc78)c6)ccc5c4)cc23)cc1. The van der Waals surface area contributed by atoms with Crippen LogP contribution in [0.15, 0.2) is 205 Å². The monoisotopic (exact) mass is 663 g/mol. The number of anilines is 3. The molecule has 0 bridgehead atoms. The van der Waals surface area contributed by atoms with E-state index in [-0.39, 0.29) is 0 Å². The van der Waals surface area contributed by atoms with E-state index in [9.17, 15) is 0 Å². The molecule has 0 aliphatic carbocycles. The van der Waals surface area contributed by atoms with Crippen molar-refractivity contribution in [2.24, 2.45) is 0 Å². The van der Waals surface area contributed by atoms with E-state index in [2.05, 4.69) is 199 Å². The Morgan fingerprint density at radius 3 is 1.83 bits per heavy atom. The van der Waals surface area contributed by atoms with Crippen LogP contribution in [0.1, 0.15) is 0 Å². The summed E-state index contributed by atoms with van der Waals surface area (Å²) >= 11 is 0. The summed E-state index contributed by atoms with van der Waals surface area (Å²) in [6, 6.07) is 71.7. The Balaban J connectivity index is 1.02. The van der Waals surface area contributed by atoms with Crippen LogP contribution in [0.5, 0.6) is 0 Å². The van der Waals surface area contributed by atoms with Crippen molar-refractivity contribution >= 4 is 60.5 Å². The zero-order valence-electron chi connectivity index (χ0n) is 28.4. The van der Waals surface area contributed by atoms with E-state index < -0.39 is 0 Å². The van der Waals surface area contributed by atoms with E-state index in [0.717, 1.165) is 44.6 Å². The molecule has 9 aromatic carbocycles. The molecule has 10 aromatic rings. The van der Waals surface area contributed by atoms with Crippen LogP contribution in [-0.4, -0.2) is 0 Å². The minimum atomic E-state index is 0.903. The molecule has 244 valence electrons. The van der Waals surface area contributed by atoms with Crippen molar-refractivity contribution in [1.82, 2.24) is 0 Å². The van der Waals surface area contributed by atoms with Crippen LogP contribution in [0.4, 0.5) is 17.1 Å². The molecule has 2 nitrogen and oxygen atoms in total. The summed E-state index contributed by atoms with van der Waals surface area (Å²) < 4.78 is 6.33. The lowest BCUT2D eigenvalue weighted by molar-refractivity contribution is 0.669. The molecule has 0 aliphatic rings. The average Bonchev–Trinajstić information content (AvgIpc) is 3.59. The molecule has 10 rings (SSSR count). The Morgan fingerprint density at radius 1 is 0.288 bits per heavy atom. The molecule has 0 amide bonds. The van der Waals surface area contributed by atoms with Gasteiger partial charge in [-0.2, -0.15) is 0 Å². The van der Waals surface area contributed by atoms with Gasteiger partial charge in [-0.1, -0.05) is 133 Å². The molecule has 52 heavy (non-hydrogen) atoms. The first-order valence-electron chi connectivity index (χ1n) is 17.7. The van der Waals surface area contributed by atoms with E-state index in [1.54, 1.807) is 0 Å². The smallest absolute Gasteiger partial charge is 0.136 e. The Labute approximate surface area is 302 Å². The van der Waals surface area contributed by atoms with Gasteiger partial charge < -0.3 is 9.32 Å². The van der Waals surface area contributed by atoms with Gasteiger partial charge in [0.05, 0.1) is 0 Å². The first kappa shape index (κ1) is 30.0. The zero-order valence-corrected chi connectivity index (χ0v) is 28.4. The van der Waals surface area contributed by atoms with Crippen molar-refractivity contribution in [3.8, 4) is 33.4 Å². The normalized spacial score (nSPS) is 11.5. The summed E-state index contributed by atoms with van der Waals surface area (Å²) in [4.78, 5) is 2.35. The van der Waals surface area contributed by atoms with Crippen molar-refractivity contribution in [3.63, 3.8) is 0 Å². The third-order valence-electron chi connectivity index (χ3n) is 10.2. The summed E-state index contributed by atoms with van der Waals surface area (Å²) in [6.45, 7) is 0. The second-order valence-corrected chi connectivity index (χ2v) is 13.4. The molecule has 0 spiro atoms. The highest BCUT2D eigenvalue weighted by molar-refractivity contribution is 6.07. The van der Waals surface area contributed by atoms with Gasteiger partial charge in [-0.3, -0.25) is 0 Å². The van der Waals surface area contributed by atoms with Gasteiger partial charge in [-0.25, -0.2) is 0 Å². The molecule has 0 saturated carbocycles. The van der Waals surface area contributed by atoms with Crippen LogP contribution in [-0.2, 0) is 0 Å². The predicted octanol–water partition coefficient (Wildman–Crippen LogP) is 14.4. The Morgan fingerprint density at radius 2 is 0.923 bits per heavy atom. The fourth-order valence-electron chi connectivity index (χ4n) is 7.63. The Bertz CT molecular complexity index is 2900. The van der Waals surface area contributed by atoms with E-state index in [0.29, 0.717) is 0 Å². The Kier molecular flexibility index (Phi) is 7.18. The predicted molar refractivity (Wildman–Crippen MR) is 220 cm³/mol. The highest BCUT2D eigenvalue weighted by Gasteiger charge is 2.16. The molecular formula is C50H33NO. The van der Waals surface area contributed by atoms with Crippen molar-refractivity contribution in [2.75, 3.05) is 4.90 Å². The largest absolute Gasteiger partial charge is 0.456 e. The van der Waals surface area contributed by atoms with Crippen LogP contribution in [0.3, 0.4) is 0 Å². The fraction of sp³-hybridized carbons (Fsp3) is 0. The van der Waals surface area contributed by atoms with E-state index >= 15 is 0 Å². The number of hydrogen-bond donors (Lipinski definition) is 0. The second-order valence-electron chi connectivity index (χ2n) is 13.4. The second kappa shape index (κ2) is 12.5. The van der Waals surface area contributed by atoms with E-state index in [1.807, 2.05) is 6.07 Å². The van der Waals surface area contributed by atoms with Crippen LogP contribution in [0.2, 0.25) is 0 Å². The van der Waals surface area contributed by atoms with Crippen molar-refractivity contribution in [1.29, 1.82) is 0 Å².